The average molecular weight is 537 g/mol. The summed E-state index contributed by atoms with van der Waals surface area (Å²) in [6.07, 6.45) is 1.02. The van der Waals surface area contributed by atoms with Crippen molar-refractivity contribution in [2.45, 2.75) is 52.1 Å². The van der Waals surface area contributed by atoms with Crippen LogP contribution in [0.15, 0.2) is 70.3 Å². The second-order valence-electron chi connectivity index (χ2n) is 11.9. The van der Waals surface area contributed by atoms with Crippen LogP contribution in [-0.4, -0.2) is 50.5 Å². The molecule has 3 N–H and O–H groups in total. The predicted molar refractivity (Wildman–Crippen MR) is 162 cm³/mol. The van der Waals surface area contributed by atoms with Crippen molar-refractivity contribution in [3.63, 3.8) is 0 Å². The van der Waals surface area contributed by atoms with Crippen LogP contribution in [0.1, 0.15) is 45.2 Å². The van der Waals surface area contributed by atoms with Gasteiger partial charge in [-0.2, -0.15) is 0 Å². The van der Waals surface area contributed by atoms with Crippen LogP contribution in [0.25, 0.3) is 33.5 Å². The molecule has 0 bridgehead atoms. The number of H-pyrrole nitrogens is 3. The van der Waals surface area contributed by atoms with Crippen LogP contribution >= 0.6 is 0 Å². The van der Waals surface area contributed by atoms with E-state index >= 15 is 0 Å². The van der Waals surface area contributed by atoms with Gasteiger partial charge in [-0.05, 0) is 47.2 Å². The molecule has 3 heterocycles. The van der Waals surface area contributed by atoms with Gasteiger partial charge in [0.15, 0.2) is 0 Å². The number of hydrogen-bond donors (Lipinski definition) is 3. The van der Waals surface area contributed by atoms with Gasteiger partial charge in [-0.25, -0.2) is 4.98 Å². The average Bonchev–Trinajstić information content (AvgIpc) is 3.38. The lowest BCUT2D eigenvalue weighted by atomic mass is 9.87. The lowest BCUT2D eigenvalue weighted by molar-refractivity contribution is 0.164. The van der Waals surface area contributed by atoms with Gasteiger partial charge in [0, 0.05) is 37.8 Å². The van der Waals surface area contributed by atoms with Crippen LogP contribution < -0.4 is 16.0 Å². The van der Waals surface area contributed by atoms with E-state index < -0.39 is 11.1 Å². The normalized spacial score (nSPS) is 16.7. The Balaban J connectivity index is 1.22. The third-order valence-electron chi connectivity index (χ3n) is 8.10. The lowest BCUT2D eigenvalue weighted by Crippen LogP contribution is -2.52. The topological polar surface area (TPSA) is 101 Å². The Bertz CT molecular complexity index is 1790. The quantitative estimate of drug-likeness (QED) is 0.270. The minimum Gasteiger partial charge on any atom is -0.367 e. The van der Waals surface area contributed by atoms with Gasteiger partial charge in [0.1, 0.15) is 11.3 Å². The molecular weight excluding hydrogens is 500 g/mol. The number of aromatic nitrogens is 4. The molecule has 1 atom stereocenters. The summed E-state index contributed by atoms with van der Waals surface area (Å²) in [5.74, 6) is 0.893. The first-order valence-corrected chi connectivity index (χ1v) is 14.0. The highest BCUT2D eigenvalue weighted by Crippen LogP contribution is 2.31. The number of benzene rings is 3. The Morgan fingerprint density at radius 1 is 0.875 bits per heavy atom. The molecule has 0 amide bonds. The number of aromatic amines is 3. The Morgan fingerprint density at radius 2 is 1.62 bits per heavy atom. The van der Waals surface area contributed by atoms with Gasteiger partial charge in [0.05, 0.1) is 22.2 Å². The van der Waals surface area contributed by atoms with Crippen LogP contribution in [0, 0.1) is 0 Å². The molecule has 3 aromatic carbocycles. The van der Waals surface area contributed by atoms with Crippen LogP contribution in [0.2, 0.25) is 0 Å². The van der Waals surface area contributed by atoms with Gasteiger partial charge in [0.2, 0.25) is 0 Å². The summed E-state index contributed by atoms with van der Waals surface area (Å²) in [6, 6.07) is 21.3. The maximum Gasteiger partial charge on any atom is 0.314 e. The molecule has 0 unspecified atom stereocenters. The Labute approximate surface area is 233 Å². The number of piperazine rings is 1. The highest BCUT2D eigenvalue weighted by molar-refractivity contribution is 5.91. The monoisotopic (exact) mass is 536 g/mol. The number of nitrogens with one attached hydrogen (secondary N) is 3. The van der Waals surface area contributed by atoms with E-state index in [9.17, 15) is 9.59 Å². The molecule has 2 aromatic heterocycles. The fourth-order valence-corrected chi connectivity index (χ4v) is 5.74. The minimum atomic E-state index is -0.625. The Hall–Kier alpha value is -4.17. The van der Waals surface area contributed by atoms with E-state index in [0.29, 0.717) is 17.1 Å². The summed E-state index contributed by atoms with van der Waals surface area (Å²) in [5.41, 5.74) is 6.89. The van der Waals surface area contributed by atoms with Crippen molar-refractivity contribution in [1.29, 1.82) is 0 Å². The summed E-state index contributed by atoms with van der Waals surface area (Å²) in [5, 5.41) is 0. The maximum atomic E-state index is 11.8. The van der Waals surface area contributed by atoms with E-state index in [2.05, 4.69) is 94.9 Å². The second kappa shape index (κ2) is 10.1. The lowest BCUT2D eigenvalue weighted by Gasteiger charge is -2.42. The first-order valence-electron chi connectivity index (χ1n) is 14.0. The fraction of sp³-hybridized carbons (Fsp3) is 0.344. The number of nitrogens with zero attached hydrogens (tertiary/aromatic N) is 3. The molecule has 5 aromatic rings. The van der Waals surface area contributed by atoms with Gasteiger partial charge < -0.3 is 19.9 Å². The molecule has 1 fully saturated rings. The van der Waals surface area contributed by atoms with Crippen molar-refractivity contribution in [2.75, 3.05) is 24.5 Å². The summed E-state index contributed by atoms with van der Waals surface area (Å²) >= 11 is 0. The van der Waals surface area contributed by atoms with E-state index in [1.165, 1.54) is 5.56 Å². The van der Waals surface area contributed by atoms with Gasteiger partial charge >= 0.3 is 11.1 Å². The van der Waals surface area contributed by atoms with E-state index in [1.54, 1.807) is 0 Å². The molecule has 0 aliphatic carbocycles. The predicted octanol–water partition coefficient (Wildman–Crippen LogP) is 5.16. The fourth-order valence-electron chi connectivity index (χ4n) is 5.74. The van der Waals surface area contributed by atoms with Gasteiger partial charge in [-0.1, -0.05) is 64.1 Å². The maximum absolute atomic E-state index is 11.8. The number of anilines is 1. The molecule has 1 saturated heterocycles. The molecule has 206 valence electrons. The van der Waals surface area contributed by atoms with Crippen molar-refractivity contribution in [1.82, 2.24) is 24.8 Å². The summed E-state index contributed by atoms with van der Waals surface area (Å²) in [4.78, 5) is 42.4. The third-order valence-corrected chi connectivity index (χ3v) is 8.10. The highest BCUT2D eigenvalue weighted by Gasteiger charge is 2.27. The zero-order valence-corrected chi connectivity index (χ0v) is 23.5. The zero-order valence-electron chi connectivity index (χ0n) is 23.5. The number of fused-ring (bicyclic) bond motifs is 2. The SMILES string of the molecule is CC[C@H]1CN(c2cccc3[nH]c(-c4ccc(C(C)(C)C)cc4)nc23)CCN1Cc1ccc2[nH]c(=O)c(=O)[nH]c2c1. The van der Waals surface area contributed by atoms with E-state index in [0.717, 1.165) is 66.3 Å². The summed E-state index contributed by atoms with van der Waals surface area (Å²) in [7, 11) is 0. The molecule has 8 heteroatoms. The van der Waals surface area contributed by atoms with E-state index in [-0.39, 0.29) is 5.41 Å². The van der Waals surface area contributed by atoms with Crippen molar-refractivity contribution < 1.29 is 0 Å². The summed E-state index contributed by atoms with van der Waals surface area (Å²) in [6.45, 7) is 12.4. The van der Waals surface area contributed by atoms with Crippen LogP contribution in [0.4, 0.5) is 5.69 Å². The molecule has 0 saturated carbocycles. The standard InChI is InChI=1S/C32H36N6O2/c1-5-23-19-38(16-15-37(23)18-20-9-14-24-26(17-20)35-31(40)30(39)34-24)27-8-6-7-25-28(27)36-29(33-25)21-10-12-22(13-11-21)32(2,3)4/h6-14,17,23H,5,15-16,18-19H2,1-4H3,(H,33,36)(H,34,39)(H,35,40)/t23-/m0/s1. The smallest absolute Gasteiger partial charge is 0.314 e. The van der Waals surface area contributed by atoms with Crippen LogP contribution in [-0.2, 0) is 12.0 Å². The molecule has 1 aliphatic rings. The first kappa shape index (κ1) is 26.1. The Kier molecular flexibility index (Phi) is 6.58. The first-order chi connectivity index (χ1) is 19.2. The van der Waals surface area contributed by atoms with Gasteiger partial charge in [0.25, 0.3) is 0 Å². The largest absolute Gasteiger partial charge is 0.367 e. The molecule has 40 heavy (non-hydrogen) atoms. The van der Waals surface area contributed by atoms with Gasteiger partial charge in [-0.15, -0.1) is 0 Å². The van der Waals surface area contributed by atoms with Crippen molar-refractivity contribution in [3.8, 4) is 11.4 Å². The van der Waals surface area contributed by atoms with E-state index in [1.807, 2.05) is 18.2 Å². The zero-order chi connectivity index (χ0) is 28.0. The summed E-state index contributed by atoms with van der Waals surface area (Å²) < 4.78 is 0. The third kappa shape index (κ3) is 4.95. The van der Waals surface area contributed by atoms with Crippen molar-refractivity contribution in [2.24, 2.45) is 0 Å². The number of rotatable bonds is 5. The van der Waals surface area contributed by atoms with Crippen molar-refractivity contribution in [3.05, 3.63) is 92.5 Å². The van der Waals surface area contributed by atoms with Crippen LogP contribution in [0.3, 0.4) is 0 Å². The van der Waals surface area contributed by atoms with E-state index in [4.69, 9.17) is 4.98 Å². The Morgan fingerprint density at radius 3 is 2.35 bits per heavy atom. The van der Waals surface area contributed by atoms with Crippen molar-refractivity contribution >= 4 is 27.8 Å². The highest BCUT2D eigenvalue weighted by atomic mass is 16.2. The van der Waals surface area contributed by atoms with Crippen LogP contribution in [0.5, 0.6) is 0 Å². The number of para-hydroxylation sites is 1. The molecular formula is C32H36N6O2. The number of imidazole rings is 1. The minimum absolute atomic E-state index is 0.116. The second-order valence-corrected chi connectivity index (χ2v) is 11.9. The molecule has 8 nitrogen and oxygen atoms in total. The molecule has 6 rings (SSSR count). The molecule has 1 aliphatic heterocycles. The molecule has 0 spiro atoms. The molecule has 0 radical (unpaired) electrons. The number of hydrogen-bond acceptors (Lipinski definition) is 5. The van der Waals surface area contributed by atoms with Gasteiger partial charge in [-0.3, -0.25) is 14.5 Å².